The number of hydrogen-bond acceptors (Lipinski definition) is 5. The quantitative estimate of drug-likeness (QED) is 0.655. The fraction of sp³-hybridized carbons (Fsp3) is 1.00. The highest BCUT2D eigenvalue weighted by Gasteiger charge is 2.32. The molecule has 0 saturated carbocycles. The van der Waals surface area contributed by atoms with Crippen LogP contribution in [0.2, 0.25) is 0 Å². The third-order valence-electron chi connectivity index (χ3n) is 3.56. The van der Waals surface area contributed by atoms with Crippen molar-refractivity contribution in [2.45, 2.75) is 38.5 Å². The van der Waals surface area contributed by atoms with Crippen LogP contribution in [0.4, 0.5) is 0 Å². The molecule has 4 nitrogen and oxygen atoms in total. The van der Waals surface area contributed by atoms with Gasteiger partial charge in [0.25, 0.3) is 0 Å². The molecule has 1 heterocycles. The number of rotatable bonds is 9. The Bertz CT molecular complexity index is 334. The molecule has 1 atom stereocenters. The first-order chi connectivity index (χ1) is 9.11. The van der Waals surface area contributed by atoms with Crippen LogP contribution in [0, 0.1) is 0 Å². The predicted molar refractivity (Wildman–Crippen MR) is 84.5 cm³/mol. The van der Waals surface area contributed by atoms with E-state index in [1.165, 1.54) is 12.8 Å². The maximum absolute atomic E-state index is 12.1. The Morgan fingerprint density at radius 2 is 2.05 bits per heavy atom. The van der Waals surface area contributed by atoms with Crippen LogP contribution in [0.25, 0.3) is 0 Å². The van der Waals surface area contributed by atoms with E-state index in [1.807, 2.05) is 0 Å². The summed E-state index contributed by atoms with van der Waals surface area (Å²) in [6.07, 6.45) is 3.46. The van der Waals surface area contributed by atoms with Crippen molar-refractivity contribution in [2.24, 2.45) is 0 Å². The van der Waals surface area contributed by atoms with Gasteiger partial charge in [0.05, 0.1) is 0 Å². The van der Waals surface area contributed by atoms with Gasteiger partial charge < -0.3 is 5.32 Å². The molecular weight excluding hydrogens is 280 g/mol. The van der Waals surface area contributed by atoms with Gasteiger partial charge in [-0.15, -0.1) is 0 Å². The topological polar surface area (TPSA) is 49.4 Å². The van der Waals surface area contributed by atoms with E-state index in [0.29, 0.717) is 0 Å². The van der Waals surface area contributed by atoms with E-state index in [2.05, 4.69) is 17.1 Å². The van der Waals surface area contributed by atoms with Crippen molar-refractivity contribution in [3.63, 3.8) is 0 Å². The molecule has 0 aromatic heterocycles. The molecule has 0 radical (unpaired) electrons. The van der Waals surface area contributed by atoms with Gasteiger partial charge in [0.1, 0.15) is 5.37 Å². The lowest BCUT2D eigenvalue weighted by atomic mass is 10.2. The van der Waals surface area contributed by atoms with Gasteiger partial charge in [0.15, 0.2) is 9.84 Å². The minimum absolute atomic E-state index is 0.245. The molecule has 1 N–H and O–H groups in total. The monoisotopic (exact) mass is 308 g/mol. The normalized spacial score (nSPS) is 21.7. The lowest BCUT2D eigenvalue weighted by Gasteiger charge is -2.34. The Hall–Kier alpha value is 0.220. The predicted octanol–water partition coefficient (Wildman–Crippen LogP) is 1.58. The maximum atomic E-state index is 12.1. The number of hydrogen-bond donors (Lipinski definition) is 1. The van der Waals surface area contributed by atoms with Gasteiger partial charge in [-0.25, -0.2) is 8.42 Å². The van der Waals surface area contributed by atoms with Crippen molar-refractivity contribution in [1.82, 2.24) is 10.2 Å². The Labute approximate surface area is 122 Å². The molecule has 1 aliphatic heterocycles. The van der Waals surface area contributed by atoms with E-state index in [9.17, 15) is 8.42 Å². The zero-order chi connectivity index (χ0) is 14.1. The first kappa shape index (κ1) is 17.3. The van der Waals surface area contributed by atoms with Crippen molar-refractivity contribution < 1.29 is 8.42 Å². The summed E-state index contributed by atoms with van der Waals surface area (Å²) in [6, 6.07) is 0. The van der Waals surface area contributed by atoms with Gasteiger partial charge in [-0.05, 0) is 32.5 Å². The number of nitrogens with zero attached hydrogens (tertiary/aromatic N) is 1. The Morgan fingerprint density at radius 3 is 2.74 bits per heavy atom. The van der Waals surface area contributed by atoms with Crippen molar-refractivity contribution in [3.05, 3.63) is 0 Å². The molecule has 6 heteroatoms. The summed E-state index contributed by atoms with van der Waals surface area (Å²) in [7, 11) is -2.93. The summed E-state index contributed by atoms with van der Waals surface area (Å²) in [5.41, 5.74) is 0. The van der Waals surface area contributed by atoms with Gasteiger partial charge >= 0.3 is 0 Å². The molecular formula is C13H28N2O2S2. The van der Waals surface area contributed by atoms with Gasteiger partial charge in [-0.2, -0.15) is 11.8 Å². The molecule has 0 spiro atoms. The summed E-state index contributed by atoms with van der Waals surface area (Å²) < 4.78 is 24.1. The van der Waals surface area contributed by atoms with Crippen molar-refractivity contribution in [2.75, 3.05) is 43.4 Å². The summed E-state index contributed by atoms with van der Waals surface area (Å²) >= 11 is 1.77. The van der Waals surface area contributed by atoms with Crippen molar-refractivity contribution >= 4 is 21.6 Å². The summed E-state index contributed by atoms with van der Waals surface area (Å²) in [6.45, 7) is 7.82. The lowest BCUT2D eigenvalue weighted by Crippen LogP contribution is -2.48. The number of unbranched alkanes of at least 4 members (excludes halogenated alkanes) is 2. The first-order valence-electron chi connectivity index (χ1n) is 7.36. The van der Waals surface area contributed by atoms with Gasteiger partial charge in [-0.3, -0.25) is 4.90 Å². The van der Waals surface area contributed by atoms with Gasteiger partial charge in [0, 0.05) is 23.8 Å². The molecule has 0 aromatic carbocycles. The van der Waals surface area contributed by atoms with E-state index in [0.717, 1.165) is 44.1 Å². The number of sulfone groups is 1. The third-order valence-corrected chi connectivity index (χ3v) is 6.89. The number of nitrogens with one attached hydrogen (secondary N) is 1. The van der Waals surface area contributed by atoms with Crippen LogP contribution in [0.1, 0.15) is 33.1 Å². The van der Waals surface area contributed by atoms with Gasteiger partial charge in [-0.1, -0.05) is 20.3 Å². The average Bonchev–Trinajstić information content (AvgIpc) is 2.43. The lowest BCUT2D eigenvalue weighted by molar-refractivity contribution is 0.263. The molecule has 114 valence electrons. The zero-order valence-electron chi connectivity index (χ0n) is 12.2. The standard InChI is InChI=1S/C13H28N2O2S2/c1-3-14-8-6-5-7-9-15-10-11-18-12-13(15)19(16,17)4-2/h13-14H,3-12H2,1-2H3. The van der Waals surface area contributed by atoms with E-state index in [-0.39, 0.29) is 11.1 Å². The summed E-state index contributed by atoms with van der Waals surface area (Å²) in [5, 5.41) is 3.07. The molecule has 19 heavy (non-hydrogen) atoms. The van der Waals surface area contributed by atoms with Crippen LogP contribution in [-0.2, 0) is 9.84 Å². The van der Waals surface area contributed by atoms with Crippen molar-refractivity contribution in [1.29, 1.82) is 0 Å². The molecule has 0 aromatic rings. The summed E-state index contributed by atoms with van der Waals surface area (Å²) in [5.74, 6) is 2.07. The van der Waals surface area contributed by atoms with Crippen LogP contribution in [0.15, 0.2) is 0 Å². The minimum Gasteiger partial charge on any atom is -0.317 e. The molecule has 0 aliphatic carbocycles. The molecule has 1 fully saturated rings. The first-order valence-corrected chi connectivity index (χ1v) is 10.2. The van der Waals surface area contributed by atoms with Crippen LogP contribution < -0.4 is 5.32 Å². The van der Waals surface area contributed by atoms with E-state index < -0.39 is 9.84 Å². The smallest absolute Gasteiger partial charge is 0.166 e. The zero-order valence-corrected chi connectivity index (χ0v) is 13.9. The van der Waals surface area contributed by atoms with Crippen molar-refractivity contribution in [3.8, 4) is 0 Å². The Balaban J connectivity index is 2.33. The molecule has 1 aliphatic rings. The SMILES string of the molecule is CCNCCCCCN1CCSCC1S(=O)(=O)CC. The largest absolute Gasteiger partial charge is 0.317 e. The third kappa shape index (κ3) is 6.02. The van der Waals surface area contributed by atoms with E-state index >= 15 is 0 Å². The van der Waals surface area contributed by atoms with E-state index in [1.54, 1.807) is 18.7 Å². The Kier molecular flexibility index (Phi) is 8.37. The highest BCUT2D eigenvalue weighted by atomic mass is 32.2. The van der Waals surface area contributed by atoms with Gasteiger partial charge in [0.2, 0.25) is 0 Å². The van der Waals surface area contributed by atoms with Crippen LogP contribution >= 0.6 is 11.8 Å². The van der Waals surface area contributed by atoms with Crippen LogP contribution in [-0.4, -0.2) is 62.1 Å². The molecule has 1 rings (SSSR count). The molecule has 0 amide bonds. The second-order valence-electron chi connectivity index (χ2n) is 4.93. The Morgan fingerprint density at radius 1 is 1.26 bits per heavy atom. The van der Waals surface area contributed by atoms with Crippen LogP contribution in [0.3, 0.4) is 0 Å². The second-order valence-corrected chi connectivity index (χ2v) is 8.53. The fourth-order valence-corrected chi connectivity index (χ4v) is 5.42. The molecule has 1 unspecified atom stereocenters. The number of thioether (sulfide) groups is 1. The average molecular weight is 309 g/mol. The van der Waals surface area contributed by atoms with Crippen LogP contribution in [0.5, 0.6) is 0 Å². The highest BCUT2D eigenvalue weighted by Crippen LogP contribution is 2.21. The summed E-state index contributed by atoms with van der Waals surface area (Å²) in [4.78, 5) is 2.18. The maximum Gasteiger partial charge on any atom is 0.166 e. The minimum atomic E-state index is -2.93. The molecule has 0 bridgehead atoms. The second kappa shape index (κ2) is 9.21. The van der Waals surface area contributed by atoms with E-state index in [4.69, 9.17) is 0 Å². The molecule has 1 saturated heterocycles. The highest BCUT2D eigenvalue weighted by molar-refractivity contribution is 8.01. The fourth-order valence-electron chi connectivity index (χ4n) is 2.31.